The zero-order valence-corrected chi connectivity index (χ0v) is 43.6. The van der Waals surface area contributed by atoms with Gasteiger partial charge >= 0.3 is 17.9 Å². The highest BCUT2D eigenvalue weighted by Crippen LogP contribution is 2.14. The van der Waals surface area contributed by atoms with E-state index in [1.165, 1.54) is 70.6 Å². The molecule has 0 N–H and O–H groups in total. The summed E-state index contributed by atoms with van der Waals surface area (Å²) < 4.78 is 16.7. The van der Waals surface area contributed by atoms with Crippen LogP contribution in [-0.4, -0.2) is 37.2 Å². The van der Waals surface area contributed by atoms with Crippen molar-refractivity contribution in [3.8, 4) is 0 Å². The number of allylic oxidation sites excluding steroid dienone is 22. The molecule has 0 aromatic heterocycles. The maximum atomic E-state index is 12.8. The lowest BCUT2D eigenvalue weighted by molar-refractivity contribution is -0.166. The van der Waals surface area contributed by atoms with Gasteiger partial charge in [0.1, 0.15) is 13.2 Å². The van der Waals surface area contributed by atoms with E-state index >= 15 is 0 Å². The van der Waals surface area contributed by atoms with Gasteiger partial charge in [-0.3, -0.25) is 14.4 Å². The summed E-state index contributed by atoms with van der Waals surface area (Å²) in [5, 5.41) is 0. The van der Waals surface area contributed by atoms with Crippen molar-refractivity contribution in [3.63, 3.8) is 0 Å². The second-order valence-electron chi connectivity index (χ2n) is 17.4. The van der Waals surface area contributed by atoms with Crippen molar-refractivity contribution < 1.29 is 28.6 Å². The maximum Gasteiger partial charge on any atom is 0.306 e. The second kappa shape index (κ2) is 55.1. The molecule has 0 bridgehead atoms. The number of carbonyl (C=O) groups excluding carboxylic acids is 3. The largest absolute Gasteiger partial charge is 0.462 e. The molecule has 0 aliphatic heterocycles. The summed E-state index contributed by atoms with van der Waals surface area (Å²) in [7, 11) is 0. The van der Waals surface area contributed by atoms with Crippen LogP contribution in [0.25, 0.3) is 0 Å². The summed E-state index contributed by atoms with van der Waals surface area (Å²) in [6, 6.07) is 0. The van der Waals surface area contributed by atoms with Gasteiger partial charge in [0, 0.05) is 19.3 Å². The average Bonchev–Trinajstić information content (AvgIpc) is 3.34. The Morgan fingerprint density at radius 1 is 0.309 bits per heavy atom. The zero-order valence-electron chi connectivity index (χ0n) is 43.6. The predicted molar refractivity (Wildman–Crippen MR) is 292 cm³/mol. The third-order valence-corrected chi connectivity index (χ3v) is 10.9. The first-order valence-electron chi connectivity index (χ1n) is 27.2. The summed E-state index contributed by atoms with van der Waals surface area (Å²) in [6.45, 7) is 6.29. The van der Waals surface area contributed by atoms with Crippen molar-refractivity contribution in [1.82, 2.24) is 0 Å². The van der Waals surface area contributed by atoms with Crippen molar-refractivity contribution in [2.45, 2.75) is 226 Å². The standard InChI is InChI=1S/C62H98O6/c1-4-7-10-13-16-19-22-25-28-30-31-33-34-37-40-43-46-49-52-55-61(64)67-58-59(57-66-60(63)54-51-48-45-42-39-36-27-24-21-18-15-12-9-6-3)68-62(65)56-53-50-47-44-41-38-35-32-29-26-23-20-17-14-11-8-5-2/h7-8,10-11,16-17,19-20,25-26,28-29,31,33,35,37-38,40,44,46-47,49,59H,4-6,9,12-15,18,21-24,27,30,32,34,36,39,41-43,45,48,50-58H2,1-3H3/b10-7-,11-8-,19-16-,20-17-,28-25-,29-26-,33-31-,38-35-,40-37-,47-44-,49-46-/t59-/m1/s1. The molecule has 0 fully saturated rings. The number of rotatable bonds is 47. The van der Waals surface area contributed by atoms with Crippen LogP contribution >= 0.6 is 0 Å². The highest BCUT2D eigenvalue weighted by atomic mass is 16.6. The highest BCUT2D eigenvalue weighted by Gasteiger charge is 2.19. The summed E-state index contributed by atoms with van der Waals surface area (Å²) in [6.07, 6.45) is 77.4. The molecule has 0 radical (unpaired) electrons. The monoisotopic (exact) mass is 939 g/mol. The zero-order chi connectivity index (χ0) is 49.3. The van der Waals surface area contributed by atoms with Crippen LogP contribution in [0.3, 0.4) is 0 Å². The Morgan fingerprint density at radius 2 is 0.603 bits per heavy atom. The van der Waals surface area contributed by atoms with Gasteiger partial charge in [-0.1, -0.05) is 238 Å². The number of hydrogen-bond donors (Lipinski definition) is 0. The van der Waals surface area contributed by atoms with Gasteiger partial charge in [0.15, 0.2) is 6.10 Å². The van der Waals surface area contributed by atoms with Crippen LogP contribution in [0.4, 0.5) is 0 Å². The first kappa shape index (κ1) is 63.5. The molecule has 0 aliphatic carbocycles. The van der Waals surface area contributed by atoms with Gasteiger partial charge in [-0.25, -0.2) is 0 Å². The fourth-order valence-corrected chi connectivity index (χ4v) is 6.91. The van der Waals surface area contributed by atoms with E-state index in [1.807, 2.05) is 12.2 Å². The minimum Gasteiger partial charge on any atom is -0.462 e. The lowest BCUT2D eigenvalue weighted by Gasteiger charge is -2.18. The molecular weight excluding hydrogens is 841 g/mol. The number of unbranched alkanes of at least 4 members (excludes halogenated alkanes) is 14. The van der Waals surface area contributed by atoms with Crippen molar-refractivity contribution in [1.29, 1.82) is 0 Å². The first-order chi connectivity index (χ1) is 33.5. The number of hydrogen-bond acceptors (Lipinski definition) is 6. The van der Waals surface area contributed by atoms with Crippen LogP contribution in [0.1, 0.15) is 220 Å². The maximum absolute atomic E-state index is 12.8. The van der Waals surface area contributed by atoms with Crippen LogP contribution in [0, 0.1) is 0 Å². The smallest absolute Gasteiger partial charge is 0.306 e. The van der Waals surface area contributed by atoms with Crippen molar-refractivity contribution in [2.75, 3.05) is 13.2 Å². The van der Waals surface area contributed by atoms with Gasteiger partial charge in [-0.15, -0.1) is 0 Å². The van der Waals surface area contributed by atoms with Crippen molar-refractivity contribution >= 4 is 17.9 Å². The van der Waals surface area contributed by atoms with E-state index in [2.05, 4.69) is 142 Å². The average molecular weight is 939 g/mol. The molecule has 0 aliphatic rings. The Morgan fingerprint density at radius 3 is 0.971 bits per heavy atom. The van der Waals surface area contributed by atoms with Crippen LogP contribution in [0.15, 0.2) is 134 Å². The van der Waals surface area contributed by atoms with Gasteiger partial charge in [0.05, 0.1) is 0 Å². The van der Waals surface area contributed by atoms with Crippen molar-refractivity contribution in [3.05, 3.63) is 134 Å². The molecular formula is C62H98O6. The van der Waals surface area contributed by atoms with Gasteiger partial charge in [0.25, 0.3) is 0 Å². The van der Waals surface area contributed by atoms with Crippen LogP contribution in [-0.2, 0) is 28.6 Å². The van der Waals surface area contributed by atoms with Crippen molar-refractivity contribution in [2.24, 2.45) is 0 Å². The quantitative estimate of drug-likeness (QED) is 0.0262. The Hall–Kier alpha value is -4.45. The molecule has 6 nitrogen and oxygen atoms in total. The lowest BCUT2D eigenvalue weighted by atomic mass is 10.0. The van der Waals surface area contributed by atoms with Crippen LogP contribution < -0.4 is 0 Å². The van der Waals surface area contributed by atoms with Gasteiger partial charge in [0.2, 0.25) is 0 Å². The van der Waals surface area contributed by atoms with E-state index < -0.39 is 6.10 Å². The van der Waals surface area contributed by atoms with E-state index in [4.69, 9.17) is 14.2 Å². The molecule has 68 heavy (non-hydrogen) atoms. The molecule has 0 heterocycles. The van der Waals surface area contributed by atoms with E-state index in [-0.39, 0.29) is 44.0 Å². The topological polar surface area (TPSA) is 78.9 Å². The summed E-state index contributed by atoms with van der Waals surface area (Å²) in [4.78, 5) is 38.0. The fraction of sp³-hybridized carbons (Fsp3) is 0.597. The Balaban J connectivity index is 4.61. The molecule has 0 unspecified atom stereocenters. The Kier molecular flexibility index (Phi) is 51.5. The van der Waals surface area contributed by atoms with Crippen LogP contribution in [0.5, 0.6) is 0 Å². The molecule has 6 heteroatoms. The first-order valence-corrected chi connectivity index (χ1v) is 27.2. The number of ether oxygens (including phenoxy) is 3. The fourth-order valence-electron chi connectivity index (χ4n) is 6.91. The summed E-state index contributed by atoms with van der Waals surface area (Å²) in [5.41, 5.74) is 0. The number of carbonyl (C=O) groups is 3. The van der Waals surface area contributed by atoms with Gasteiger partial charge in [-0.05, 0) is 96.3 Å². The second-order valence-corrected chi connectivity index (χ2v) is 17.4. The minimum absolute atomic E-state index is 0.127. The highest BCUT2D eigenvalue weighted by molar-refractivity contribution is 5.71. The molecule has 0 saturated carbocycles. The summed E-state index contributed by atoms with van der Waals surface area (Å²) >= 11 is 0. The van der Waals surface area contributed by atoms with E-state index in [9.17, 15) is 14.4 Å². The number of esters is 3. The molecule has 0 aromatic rings. The minimum atomic E-state index is -0.841. The molecule has 0 aromatic carbocycles. The normalized spacial score (nSPS) is 13.2. The van der Waals surface area contributed by atoms with E-state index in [0.717, 1.165) is 96.3 Å². The molecule has 382 valence electrons. The molecule has 0 saturated heterocycles. The molecule has 1 atom stereocenters. The lowest BCUT2D eigenvalue weighted by Crippen LogP contribution is -2.30. The predicted octanol–water partition coefficient (Wildman–Crippen LogP) is 18.3. The van der Waals surface area contributed by atoms with E-state index in [0.29, 0.717) is 19.3 Å². The molecule has 0 rings (SSSR count). The Bertz CT molecular complexity index is 1500. The Labute approximate surface area is 417 Å². The summed E-state index contributed by atoms with van der Waals surface area (Å²) in [5.74, 6) is -1.08. The third kappa shape index (κ3) is 52.5. The van der Waals surface area contributed by atoms with E-state index in [1.54, 1.807) is 0 Å². The molecule has 0 spiro atoms. The van der Waals surface area contributed by atoms with Gasteiger partial charge in [-0.2, -0.15) is 0 Å². The SMILES string of the molecule is CC/C=C\C/C=C\C/C=C\C/C=C\C/C=C\C/C=C\CCC(=O)OC[C@@H](COC(=O)CCCCCCCCCCCCCCCC)OC(=O)CCC/C=C\C/C=C\C/C=C\C/C=C\C/C=C\CC. The van der Waals surface area contributed by atoms with Gasteiger partial charge < -0.3 is 14.2 Å². The van der Waals surface area contributed by atoms with Crippen LogP contribution in [0.2, 0.25) is 0 Å². The molecule has 0 amide bonds. The third-order valence-electron chi connectivity index (χ3n) is 10.9.